The summed E-state index contributed by atoms with van der Waals surface area (Å²) in [4.78, 5) is 1.21. The van der Waals surface area contributed by atoms with Crippen molar-refractivity contribution < 1.29 is 4.74 Å². The molecule has 1 N–H and O–H groups in total. The predicted molar refractivity (Wildman–Crippen MR) is 86.9 cm³/mol. The highest BCUT2D eigenvalue weighted by molar-refractivity contribution is 7.98. The Kier molecular flexibility index (Phi) is 5.20. The van der Waals surface area contributed by atoms with Gasteiger partial charge >= 0.3 is 0 Å². The lowest BCUT2D eigenvalue weighted by atomic mass is 10.1. The summed E-state index contributed by atoms with van der Waals surface area (Å²) in [6.45, 7) is 7.06. The van der Waals surface area contributed by atoms with Gasteiger partial charge in [-0.2, -0.15) is 5.10 Å². The first-order valence-electron chi connectivity index (χ1n) is 6.86. The van der Waals surface area contributed by atoms with Crippen molar-refractivity contribution in [2.24, 2.45) is 0 Å². The molecule has 0 aliphatic carbocycles. The fraction of sp³-hybridized carbons (Fsp3) is 0.375. The Balaban J connectivity index is 1.95. The topological polar surface area (TPSA) is 47.0 Å². The molecule has 0 aliphatic heterocycles. The molecule has 0 spiro atoms. The first-order chi connectivity index (χ1) is 9.96. The van der Waals surface area contributed by atoms with Gasteiger partial charge in [0.2, 0.25) is 5.88 Å². The van der Waals surface area contributed by atoms with E-state index in [1.807, 2.05) is 42.7 Å². The van der Waals surface area contributed by atoms with Gasteiger partial charge in [-0.3, -0.25) is 0 Å². The summed E-state index contributed by atoms with van der Waals surface area (Å²) < 4.78 is 5.67. The summed E-state index contributed by atoms with van der Waals surface area (Å²) >= 11 is 1.70. The Morgan fingerprint density at radius 3 is 2.29 bits per heavy atom. The molecule has 0 unspecified atom stereocenters. The maximum atomic E-state index is 5.67. The molecule has 0 radical (unpaired) electrons. The molecule has 0 fully saturated rings. The summed E-state index contributed by atoms with van der Waals surface area (Å²) in [5.41, 5.74) is 0.964. The lowest BCUT2D eigenvalue weighted by Gasteiger charge is -2.19. The summed E-state index contributed by atoms with van der Waals surface area (Å²) in [6, 6.07) is 11.7. The molecule has 1 heterocycles. The van der Waals surface area contributed by atoms with Crippen molar-refractivity contribution in [2.45, 2.75) is 37.8 Å². The lowest BCUT2D eigenvalue weighted by Crippen LogP contribution is -2.35. The largest absolute Gasteiger partial charge is 0.438 e. The van der Waals surface area contributed by atoms with Crippen LogP contribution in [0.2, 0.25) is 0 Å². The third kappa shape index (κ3) is 5.36. The van der Waals surface area contributed by atoms with Gasteiger partial charge in [-0.15, -0.1) is 16.9 Å². The van der Waals surface area contributed by atoms with Crippen molar-refractivity contribution in [2.75, 3.05) is 6.26 Å². The first-order valence-corrected chi connectivity index (χ1v) is 8.08. The molecule has 0 amide bonds. The number of nitrogens with one attached hydrogen (secondary N) is 1. The molecule has 4 nitrogen and oxygen atoms in total. The molecule has 0 saturated carbocycles. The molecule has 0 atom stereocenters. The average Bonchev–Trinajstić information content (AvgIpc) is 2.46. The minimum Gasteiger partial charge on any atom is -0.438 e. The van der Waals surface area contributed by atoms with Crippen LogP contribution in [0.5, 0.6) is 11.6 Å². The normalized spacial score (nSPS) is 11.4. The van der Waals surface area contributed by atoms with Crippen LogP contribution in [0.15, 0.2) is 41.3 Å². The summed E-state index contributed by atoms with van der Waals surface area (Å²) in [6.07, 6.45) is 2.05. The van der Waals surface area contributed by atoms with Crippen molar-refractivity contribution >= 4 is 11.8 Å². The van der Waals surface area contributed by atoms with Gasteiger partial charge < -0.3 is 10.1 Å². The summed E-state index contributed by atoms with van der Waals surface area (Å²) in [5.74, 6) is 1.27. The van der Waals surface area contributed by atoms with E-state index in [0.717, 1.165) is 11.4 Å². The van der Waals surface area contributed by atoms with Gasteiger partial charge in [-0.1, -0.05) is 0 Å². The second kappa shape index (κ2) is 6.91. The summed E-state index contributed by atoms with van der Waals surface area (Å²) in [7, 11) is 0. The number of nitrogens with zero attached hydrogens (tertiary/aromatic N) is 2. The van der Waals surface area contributed by atoms with Crippen molar-refractivity contribution in [1.29, 1.82) is 0 Å². The molecular formula is C16H21N3OS. The van der Waals surface area contributed by atoms with Gasteiger partial charge in [0.05, 0.1) is 5.69 Å². The van der Waals surface area contributed by atoms with E-state index in [-0.39, 0.29) is 5.54 Å². The number of hydrogen-bond acceptors (Lipinski definition) is 5. The summed E-state index contributed by atoms with van der Waals surface area (Å²) in [5, 5.41) is 11.6. The van der Waals surface area contributed by atoms with Crippen LogP contribution in [0.1, 0.15) is 26.5 Å². The van der Waals surface area contributed by atoms with Gasteiger partial charge in [-0.05, 0) is 57.4 Å². The van der Waals surface area contributed by atoms with Crippen molar-refractivity contribution in [3.8, 4) is 11.6 Å². The number of rotatable bonds is 5. The molecule has 112 valence electrons. The Morgan fingerprint density at radius 1 is 1.05 bits per heavy atom. The maximum Gasteiger partial charge on any atom is 0.238 e. The molecule has 0 bridgehead atoms. The van der Waals surface area contributed by atoms with E-state index in [0.29, 0.717) is 12.4 Å². The first kappa shape index (κ1) is 15.8. The van der Waals surface area contributed by atoms with E-state index in [1.54, 1.807) is 11.8 Å². The van der Waals surface area contributed by atoms with Gasteiger partial charge in [0.25, 0.3) is 0 Å². The van der Waals surface area contributed by atoms with Crippen LogP contribution in [-0.2, 0) is 6.54 Å². The molecule has 2 aromatic rings. The Labute approximate surface area is 130 Å². The standard InChI is InChI=1S/C16H21N3OS/c1-16(2,3)17-11-12-5-10-15(19-18-12)20-13-6-8-14(21-4)9-7-13/h5-10,17H,11H2,1-4H3. The SMILES string of the molecule is CSc1ccc(Oc2ccc(CNC(C)(C)C)nn2)cc1. The third-order valence-electron chi connectivity index (χ3n) is 2.78. The molecule has 1 aromatic carbocycles. The number of hydrogen-bond donors (Lipinski definition) is 1. The fourth-order valence-corrected chi connectivity index (χ4v) is 2.02. The van der Waals surface area contributed by atoms with Crippen LogP contribution in [0.25, 0.3) is 0 Å². The zero-order valence-electron chi connectivity index (χ0n) is 12.9. The second-order valence-electron chi connectivity index (χ2n) is 5.74. The average molecular weight is 303 g/mol. The maximum absolute atomic E-state index is 5.67. The molecule has 0 aliphatic rings. The highest BCUT2D eigenvalue weighted by Crippen LogP contribution is 2.22. The van der Waals surface area contributed by atoms with Gasteiger partial charge in [0, 0.05) is 23.0 Å². The van der Waals surface area contributed by atoms with Crippen LogP contribution in [0.4, 0.5) is 0 Å². The Hall–Kier alpha value is -1.59. The van der Waals surface area contributed by atoms with Crippen LogP contribution >= 0.6 is 11.8 Å². The second-order valence-corrected chi connectivity index (χ2v) is 6.62. The smallest absolute Gasteiger partial charge is 0.238 e. The van der Waals surface area contributed by atoms with Crippen molar-refractivity contribution in [3.63, 3.8) is 0 Å². The van der Waals surface area contributed by atoms with Gasteiger partial charge in [0.1, 0.15) is 5.75 Å². The van der Waals surface area contributed by atoms with E-state index in [9.17, 15) is 0 Å². The third-order valence-corrected chi connectivity index (χ3v) is 3.52. The van der Waals surface area contributed by atoms with E-state index < -0.39 is 0 Å². The zero-order valence-corrected chi connectivity index (χ0v) is 13.7. The number of ether oxygens (including phenoxy) is 1. The molecule has 21 heavy (non-hydrogen) atoms. The van der Waals surface area contributed by atoms with E-state index in [1.165, 1.54) is 4.90 Å². The number of thioether (sulfide) groups is 1. The predicted octanol–water partition coefficient (Wildman–Crippen LogP) is 3.88. The fourth-order valence-electron chi connectivity index (χ4n) is 1.62. The van der Waals surface area contributed by atoms with E-state index in [4.69, 9.17) is 4.74 Å². The number of aromatic nitrogens is 2. The molecule has 0 saturated heterocycles. The Bertz CT molecular complexity index is 562. The molecule has 2 rings (SSSR count). The molecule has 1 aromatic heterocycles. The van der Waals surface area contributed by atoms with Crippen LogP contribution in [0.3, 0.4) is 0 Å². The van der Waals surface area contributed by atoms with E-state index in [2.05, 4.69) is 36.3 Å². The van der Waals surface area contributed by atoms with Crippen LogP contribution in [0, 0.1) is 0 Å². The quantitative estimate of drug-likeness (QED) is 0.849. The highest BCUT2D eigenvalue weighted by atomic mass is 32.2. The minimum atomic E-state index is 0.0654. The lowest BCUT2D eigenvalue weighted by molar-refractivity contribution is 0.416. The van der Waals surface area contributed by atoms with Crippen molar-refractivity contribution in [3.05, 3.63) is 42.1 Å². The highest BCUT2D eigenvalue weighted by Gasteiger charge is 2.09. The minimum absolute atomic E-state index is 0.0654. The molecule has 5 heteroatoms. The zero-order chi connectivity index (χ0) is 15.3. The Morgan fingerprint density at radius 2 is 1.76 bits per heavy atom. The van der Waals surface area contributed by atoms with Crippen molar-refractivity contribution in [1.82, 2.24) is 15.5 Å². The van der Waals surface area contributed by atoms with Crippen LogP contribution < -0.4 is 10.1 Å². The van der Waals surface area contributed by atoms with Gasteiger partial charge in [-0.25, -0.2) is 0 Å². The van der Waals surface area contributed by atoms with E-state index >= 15 is 0 Å². The molecular weight excluding hydrogens is 282 g/mol. The van der Waals surface area contributed by atoms with Gasteiger partial charge in [0.15, 0.2) is 0 Å². The monoisotopic (exact) mass is 303 g/mol. The van der Waals surface area contributed by atoms with Crippen LogP contribution in [-0.4, -0.2) is 22.0 Å². The number of benzene rings is 1.